The molecule has 2 nitrogen and oxygen atoms in total. The Kier molecular flexibility index (Phi) is 5.84. The number of hydrogen-bond donors (Lipinski definition) is 1. The summed E-state index contributed by atoms with van der Waals surface area (Å²) < 4.78 is 14.1. The first kappa shape index (κ1) is 18.3. The molecule has 0 radical (unpaired) electrons. The van der Waals surface area contributed by atoms with E-state index in [2.05, 4.69) is 21.2 Å². The molecule has 4 heteroatoms. The second-order valence-electron chi connectivity index (χ2n) is 6.25. The highest BCUT2D eigenvalue weighted by atomic mass is 79.9. The van der Waals surface area contributed by atoms with Gasteiger partial charge in [0.05, 0.1) is 6.04 Å². The zero-order chi connectivity index (χ0) is 18.5. The summed E-state index contributed by atoms with van der Waals surface area (Å²) in [7, 11) is 0. The van der Waals surface area contributed by atoms with Crippen LogP contribution in [0.1, 0.15) is 33.9 Å². The van der Waals surface area contributed by atoms with Crippen LogP contribution in [0.4, 0.5) is 10.1 Å². The van der Waals surface area contributed by atoms with E-state index in [4.69, 9.17) is 0 Å². The number of nitrogens with one attached hydrogen (secondary N) is 1. The van der Waals surface area contributed by atoms with Gasteiger partial charge >= 0.3 is 0 Å². The highest BCUT2D eigenvalue weighted by Crippen LogP contribution is 2.26. The Morgan fingerprint density at radius 3 is 2.19 bits per heavy atom. The molecule has 0 aliphatic rings. The van der Waals surface area contributed by atoms with Gasteiger partial charge in [-0.25, -0.2) is 4.39 Å². The Hall–Kier alpha value is -2.46. The molecule has 0 bridgehead atoms. The van der Waals surface area contributed by atoms with Crippen LogP contribution in [0.3, 0.4) is 0 Å². The molecule has 3 rings (SSSR count). The highest BCUT2D eigenvalue weighted by Gasteiger charge is 2.17. The van der Waals surface area contributed by atoms with Crippen molar-refractivity contribution in [2.75, 3.05) is 5.32 Å². The lowest BCUT2D eigenvalue weighted by molar-refractivity contribution is 0.0976. The number of carbonyl (C=O) groups excluding carboxylic acids is 1. The van der Waals surface area contributed by atoms with E-state index in [1.165, 1.54) is 29.8 Å². The van der Waals surface area contributed by atoms with Crippen LogP contribution in [-0.4, -0.2) is 5.78 Å². The zero-order valence-corrected chi connectivity index (χ0v) is 16.0. The second kappa shape index (κ2) is 8.28. The lowest BCUT2D eigenvalue weighted by Gasteiger charge is -2.20. The lowest BCUT2D eigenvalue weighted by atomic mass is 9.97. The monoisotopic (exact) mass is 411 g/mol. The van der Waals surface area contributed by atoms with E-state index in [0.717, 1.165) is 15.7 Å². The zero-order valence-electron chi connectivity index (χ0n) is 14.4. The standard InChI is InChI=1S/C22H19BrFNO/c1-15-2-12-20(13-3-15)25-21(16-4-8-18(23)9-5-16)14-22(26)17-6-10-19(24)11-7-17/h2-13,21,25H,14H2,1H3. The Morgan fingerprint density at radius 1 is 0.962 bits per heavy atom. The number of benzene rings is 3. The molecule has 1 unspecified atom stereocenters. The van der Waals surface area contributed by atoms with Crippen molar-refractivity contribution in [3.05, 3.63) is 99.8 Å². The summed E-state index contributed by atoms with van der Waals surface area (Å²) in [6.07, 6.45) is 0.279. The van der Waals surface area contributed by atoms with Gasteiger partial charge in [-0.1, -0.05) is 45.8 Å². The van der Waals surface area contributed by atoms with Crippen LogP contribution in [0, 0.1) is 12.7 Å². The van der Waals surface area contributed by atoms with Crippen molar-refractivity contribution in [3.8, 4) is 0 Å². The molecule has 1 atom stereocenters. The Bertz CT molecular complexity index is 874. The predicted molar refractivity (Wildman–Crippen MR) is 107 cm³/mol. The van der Waals surface area contributed by atoms with Crippen LogP contribution in [0.5, 0.6) is 0 Å². The molecule has 0 fully saturated rings. The van der Waals surface area contributed by atoms with Gasteiger partial charge in [-0.15, -0.1) is 0 Å². The van der Waals surface area contributed by atoms with E-state index in [1.807, 2.05) is 55.5 Å². The minimum atomic E-state index is -0.344. The van der Waals surface area contributed by atoms with Crippen molar-refractivity contribution in [3.63, 3.8) is 0 Å². The molecule has 0 spiro atoms. The van der Waals surface area contributed by atoms with Crippen molar-refractivity contribution in [2.24, 2.45) is 0 Å². The third-order valence-electron chi connectivity index (χ3n) is 4.22. The molecular weight excluding hydrogens is 393 g/mol. The number of anilines is 1. The molecule has 0 amide bonds. The molecule has 132 valence electrons. The fourth-order valence-corrected chi connectivity index (χ4v) is 3.00. The minimum absolute atomic E-state index is 0.0301. The van der Waals surface area contributed by atoms with E-state index in [9.17, 15) is 9.18 Å². The number of ketones is 1. The van der Waals surface area contributed by atoms with Gasteiger partial charge in [-0.05, 0) is 61.0 Å². The van der Waals surface area contributed by atoms with Crippen LogP contribution in [0.15, 0.2) is 77.3 Å². The van der Waals surface area contributed by atoms with Crippen LogP contribution >= 0.6 is 15.9 Å². The molecule has 1 N–H and O–H groups in total. The Morgan fingerprint density at radius 2 is 1.58 bits per heavy atom. The maximum Gasteiger partial charge on any atom is 0.165 e. The van der Waals surface area contributed by atoms with Gasteiger partial charge in [-0.2, -0.15) is 0 Å². The summed E-state index contributed by atoms with van der Waals surface area (Å²) in [5, 5.41) is 3.44. The van der Waals surface area contributed by atoms with Gasteiger partial charge in [0, 0.05) is 22.1 Å². The molecule has 3 aromatic carbocycles. The summed E-state index contributed by atoms with van der Waals surface area (Å²) in [4.78, 5) is 12.7. The minimum Gasteiger partial charge on any atom is -0.378 e. The van der Waals surface area contributed by atoms with Crippen LogP contribution < -0.4 is 5.32 Å². The number of halogens is 2. The predicted octanol–water partition coefficient (Wildman–Crippen LogP) is 6.32. The normalized spacial score (nSPS) is 11.8. The van der Waals surface area contributed by atoms with Gasteiger partial charge in [0.2, 0.25) is 0 Å². The topological polar surface area (TPSA) is 29.1 Å². The average Bonchev–Trinajstić information content (AvgIpc) is 2.64. The first-order valence-electron chi connectivity index (χ1n) is 8.39. The van der Waals surface area contributed by atoms with Crippen LogP contribution in [0.25, 0.3) is 0 Å². The molecule has 26 heavy (non-hydrogen) atoms. The molecule has 0 saturated heterocycles. The third-order valence-corrected chi connectivity index (χ3v) is 4.75. The average molecular weight is 412 g/mol. The molecule has 0 heterocycles. The van der Waals surface area contributed by atoms with E-state index < -0.39 is 0 Å². The maximum atomic E-state index is 13.1. The van der Waals surface area contributed by atoms with Gasteiger partial charge in [0.1, 0.15) is 5.82 Å². The smallest absolute Gasteiger partial charge is 0.165 e. The molecule has 0 aliphatic heterocycles. The third kappa shape index (κ3) is 4.79. The SMILES string of the molecule is Cc1ccc(NC(CC(=O)c2ccc(F)cc2)c2ccc(Br)cc2)cc1. The molecular formula is C22H19BrFNO. The molecule has 3 aromatic rings. The Balaban J connectivity index is 1.84. The summed E-state index contributed by atoms with van der Waals surface area (Å²) in [5.41, 5.74) is 3.66. The van der Waals surface area contributed by atoms with Gasteiger partial charge < -0.3 is 5.32 Å². The maximum absolute atomic E-state index is 13.1. The fourth-order valence-electron chi connectivity index (χ4n) is 2.74. The van der Waals surface area contributed by atoms with Crippen molar-refractivity contribution in [1.82, 2.24) is 0 Å². The Labute approximate surface area is 161 Å². The van der Waals surface area contributed by atoms with Crippen molar-refractivity contribution < 1.29 is 9.18 Å². The summed E-state index contributed by atoms with van der Waals surface area (Å²) >= 11 is 3.44. The molecule has 0 aromatic heterocycles. The van der Waals surface area contributed by atoms with Crippen LogP contribution in [-0.2, 0) is 0 Å². The number of Topliss-reactive ketones (excluding diaryl/α,β-unsaturated/α-hetero) is 1. The van der Waals surface area contributed by atoms with Gasteiger partial charge in [0.25, 0.3) is 0 Å². The lowest BCUT2D eigenvalue weighted by Crippen LogP contribution is -2.16. The van der Waals surface area contributed by atoms with Crippen molar-refractivity contribution in [2.45, 2.75) is 19.4 Å². The quantitative estimate of drug-likeness (QED) is 0.480. The van der Waals surface area contributed by atoms with Crippen molar-refractivity contribution in [1.29, 1.82) is 0 Å². The molecule has 0 aliphatic carbocycles. The second-order valence-corrected chi connectivity index (χ2v) is 7.16. The van der Waals surface area contributed by atoms with Gasteiger partial charge in [-0.3, -0.25) is 4.79 Å². The van der Waals surface area contributed by atoms with Crippen LogP contribution in [0.2, 0.25) is 0 Å². The van der Waals surface area contributed by atoms with E-state index >= 15 is 0 Å². The first-order valence-corrected chi connectivity index (χ1v) is 9.18. The fraction of sp³-hybridized carbons (Fsp3) is 0.136. The largest absolute Gasteiger partial charge is 0.378 e. The summed E-state index contributed by atoms with van der Waals surface area (Å²) in [6, 6.07) is 21.5. The molecule has 0 saturated carbocycles. The number of hydrogen-bond acceptors (Lipinski definition) is 2. The number of carbonyl (C=O) groups is 1. The van der Waals surface area contributed by atoms with E-state index in [1.54, 1.807) is 0 Å². The summed E-state index contributed by atoms with van der Waals surface area (Å²) in [5.74, 6) is -0.374. The summed E-state index contributed by atoms with van der Waals surface area (Å²) in [6.45, 7) is 2.04. The highest BCUT2D eigenvalue weighted by molar-refractivity contribution is 9.10. The van der Waals surface area contributed by atoms with Gasteiger partial charge in [0.15, 0.2) is 5.78 Å². The number of aryl methyl sites for hydroxylation is 1. The van der Waals surface area contributed by atoms with Crippen molar-refractivity contribution >= 4 is 27.4 Å². The number of rotatable bonds is 6. The van der Waals surface area contributed by atoms with E-state index in [0.29, 0.717) is 5.56 Å². The first-order chi connectivity index (χ1) is 12.5. The van der Waals surface area contributed by atoms with E-state index in [-0.39, 0.29) is 24.1 Å².